The van der Waals surface area contributed by atoms with Crippen LogP contribution in [0.4, 0.5) is 32.0 Å². The van der Waals surface area contributed by atoms with E-state index < -0.39 is 59.8 Å². The standard InChI is InChI=1S/C21H16F6N2O3/c22-20(23,24)9-2-1-3-10(6-9)28(19(32)21(25,26)27)8-29-17(30)15-11-4-5-12(14-7-13(11)14)16(15)18(29)31/h1-6,11-16H,7-8H2/t11-,12-,13-,14-,15+,16+/m1/s1. The maximum atomic E-state index is 13.3. The maximum absolute atomic E-state index is 13.3. The van der Waals surface area contributed by atoms with Crippen LogP contribution in [0.25, 0.3) is 0 Å². The molecule has 3 fully saturated rings. The van der Waals surface area contributed by atoms with Crippen LogP contribution in [0.5, 0.6) is 0 Å². The van der Waals surface area contributed by atoms with Crippen molar-refractivity contribution in [1.82, 2.24) is 4.90 Å². The number of alkyl halides is 6. The summed E-state index contributed by atoms with van der Waals surface area (Å²) in [6.07, 6.45) is -5.64. The van der Waals surface area contributed by atoms with E-state index in [0.29, 0.717) is 17.0 Å². The number of hydrogen-bond acceptors (Lipinski definition) is 3. The van der Waals surface area contributed by atoms with E-state index in [0.717, 1.165) is 18.6 Å². The second kappa shape index (κ2) is 6.58. The van der Waals surface area contributed by atoms with Crippen molar-refractivity contribution in [3.8, 4) is 0 Å². The minimum Gasteiger partial charge on any atom is -0.286 e. The minimum absolute atomic E-state index is 0.0123. The molecule has 170 valence electrons. The molecule has 3 amide bonds. The van der Waals surface area contributed by atoms with Crippen LogP contribution in [0.3, 0.4) is 0 Å². The number of allylic oxidation sites excluding steroid dienone is 2. The molecule has 4 aliphatic carbocycles. The van der Waals surface area contributed by atoms with Crippen molar-refractivity contribution in [2.45, 2.75) is 18.8 Å². The number of rotatable bonds is 3. The molecule has 32 heavy (non-hydrogen) atoms. The molecule has 0 spiro atoms. The molecule has 1 aromatic rings. The summed E-state index contributed by atoms with van der Waals surface area (Å²) in [7, 11) is 0. The Labute approximate surface area is 177 Å². The molecule has 6 atom stereocenters. The molecule has 11 heteroatoms. The number of nitrogens with zero attached hydrogens (tertiary/aromatic N) is 2. The molecule has 1 saturated heterocycles. The zero-order chi connectivity index (χ0) is 23.2. The normalized spacial score (nSPS) is 32.8. The Hall–Kier alpha value is -2.85. The summed E-state index contributed by atoms with van der Waals surface area (Å²) in [4.78, 5) is 38.8. The lowest BCUT2D eigenvalue weighted by Crippen LogP contribution is -2.49. The second-order valence-corrected chi connectivity index (χ2v) is 8.68. The SMILES string of the molecule is O=C1[C@H]2[C@@H]3C=C[C@H]([C@H]4C[C@H]34)[C@@H]2C(=O)N1CN(C(=O)C(F)(F)F)c1cccc(C(F)(F)F)c1. The number of likely N-dealkylation sites (tertiary alicyclic amines) is 1. The third kappa shape index (κ3) is 3.04. The van der Waals surface area contributed by atoms with Gasteiger partial charge in [0.25, 0.3) is 0 Å². The van der Waals surface area contributed by atoms with Gasteiger partial charge in [-0.25, -0.2) is 0 Å². The summed E-state index contributed by atoms with van der Waals surface area (Å²) < 4.78 is 79.0. The van der Waals surface area contributed by atoms with Crippen LogP contribution in [0.2, 0.25) is 0 Å². The topological polar surface area (TPSA) is 57.7 Å². The number of hydrogen-bond donors (Lipinski definition) is 0. The van der Waals surface area contributed by atoms with Crippen LogP contribution in [0.15, 0.2) is 36.4 Å². The smallest absolute Gasteiger partial charge is 0.286 e. The summed E-state index contributed by atoms with van der Waals surface area (Å²) in [5.74, 6) is -5.08. The van der Waals surface area contributed by atoms with E-state index in [-0.39, 0.29) is 28.6 Å². The highest BCUT2D eigenvalue weighted by Gasteiger charge is 2.67. The van der Waals surface area contributed by atoms with Crippen LogP contribution >= 0.6 is 0 Å². The first kappa shape index (κ1) is 21.0. The number of amides is 3. The summed E-state index contributed by atoms with van der Waals surface area (Å²) in [5, 5.41) is 0. The van der Waals surface area contributed by atoms with E-state index in [9.17, 15) is 40.7 Å². The van der Waals surface area contributed by atoms with Gasteiger partial charge in [0.1, 0.15) is 6.67 Å². The fourth-order valence-electron chi connectivity index (χ4n) is 5.57. The predicted octanol–water partition coefficient (Wildman–Crippen LogP) is 3.61. The average molecular weight is 458 g/mol. The molecule has 1 aromatic carbocycles. The zero-order valence-corrected chi connectivity index (χ0v) is 16.2. The van der Waals surface area contributed by atoms with Gasteiger partial charge in [0.15, 0.2) is 0 Å². The van der Waals surface area contributed by atoms with Gasteiger partial charge >= 0.3 is 18.3 Å². The molecular weight excluding hydrogens is 442 g/mol. The number of anilines is 1. The number of carbonyl (C=O) groups excluding carboxylic acids is 3. The van der Waals surface area contributed by atoms with Crippen LogP contribution in [-0.2, 0) is 20.6 Å². The van der Waals surface area contributed by atoms with E-state index in [2.05, 4.69) is 0 Å². The van der Waals surface area contributed by atoms with E-state index in [1.54, 1.807) is 0 Å². The van der Waals surface area contributed by atoms with Gasteiger partial charge in [0.2, 0.25) is 11.8 Å². The molecule has 2 bridgehead atoms. The predicted molar refractivity (Wildman–Crippen MR) is 96.4 cm³/mol. The monoisotopic (exact) mass is 458 g/mol. The Morgan fingerprint density at radius 2 is 1.53 bits per heavy atom. The summed E-state index contributed by atoms with van der Waals surface area (Å²) in [6, 6.07) is 2.80. The zero-order valence-electron chi connectivity index (χ0n) is 16.2. The first-order chi connectivity index (χ1) is 14.9. The molecule has 2 saturated carbocycles. The van der Waals surface area contributed by atoms with Crippen molar-refractivity contribution in [2.24, 2.45) is 35.5 Å². The molecular formula is C21H16F6N2O3. The van der Waals surface area contributed by atoms with Gasteiger partial charge in [-0.2, -0.15) is 26.3 Å². The average Bonchev–Trinajstić information content (AvgIpc) is 3.50. The van der Waals surface area contributed by atoms with Crippen molar-refractivity contribution < 1.29 is 40.7 Å². The molecule has 0 N–H and O–H groups in total. The quantitative estimate of drug-likeness (QED) is 0.395. The summed E-state index contributed by atoms with van der Waals surface area (Å²) >= 11 is 0. The third-order valence-corrected chi connectivity index (χ3v) is 7.01. The number of imide groups is 1. The van der Waals surface area contributed by atoms with Gasteiger partial charge in [0, 0.05) is 5.69 Å². The fourth-order valence-corrected chi connectivity index (χ4v) is 5.57. The van der Waals surface area contributed by atoms with Crippen molar-refractivity contribution in [3.05, 3.63) is 42.0 Å². The molecule has 1 aliphatic heterocycles. The van der Waals surface area contributed by atoms with Gasteiger partial charge in [-0.1, -0.05) is 18.2 Å². The maximum Gasteiger partial charge on any atom is 0.471 e. The first-order valence-electron chi connectivity index (χ1n) is 9.99. The van der Waals surface area contributed by atoms with E-state index in [1.165, 1.54) is 0 Å². The van der Waals surface area contributed by atoms with Crippen molar-refractivity contribution in [1.29, 1.82) is 0 Å². The first-order valence-corrected chi connectivity index (χ1v) is 9.99. The molecule has 5 nitrogen and oxygen atoms in total. The lowest BCUT2D eigenvalue weighted by molar-refractivity contribution is -0.171. The highest BCUT2D eigenvalue weighted by atomic mass is 19.4. The summed E-state index contributed by atoms with van der Waals surface area (Å²) in [5.41, 5.74) is -1.97. The minimum atomic E-state index is -5.42. The fraction of sp³-hybridized carbons (Fsp3) is 0.476. The van der Waals surface area contributed by atoms with E-state index in [1.807, 2.05) is 12.2 Å². The van der Waals surface area contributed by atoms with Crippen LogP contribution in [0, 0.1) is 35.5 Å². The third-order valence-electron chi connectivity index (χ3n) is 7.01. The Balaban J connectivity index is 1.48. The van der Waals surface area contributed by atoms with Crippen molar-refractivity contribution in [3.63, 3.8) is 0 Å². The number of benzene rings is 1. The highest BCUT2D eigenvalue weighted by molar-refractivity contribution is 6.07. The molecule has 0 unspecified atom stereocenters. The molecule has 5 aliphatic rings. The lowest BCUT2D eigenvalue weighted by atomic mass is 9.63. The van der Waals surface area contributed by atoms with Gasteiger partial charge in [-0.05, 0) is 48.3 Å². The van der Waals surface area contributed by atoms with Gasteiger partial charge < -0.3 is 0 Å². The molecule has 6 rings (SSSR count). The van der Waals surface area contributed by atoms with Crippen LogP contribution in [0.1, 0.15) is 12.0 Å². The molecule has 1 heterocycles. The Morgan fingerprint density at radius 1 is 0.969 bits per heavy atom. The second-order valence-electron chi connectivity index (χ2n) is 8.68. The Morgan fingerprint density at radius 3 is 2.03 bits per heavy atom. The van der Waals surface area contributed by atoms with Crippen LogP contribution < -0.4 is 4.90 Å². The van der Waals surface area contributed by atoms with Crippen molar-refractivity contribution in [2.75, 3.05) is 11.6 Å². The Bertz CT molecular complexity index is 1010. The Kier molecular flexibility index (Phi) is 4.32. The number of halogens is 6. The number of carbonyl (C=O) groups is 3. The van der Waals surface area contributed by atoms with Gasteiger partial charge in [0.05, 0.1) is 17.4 Å². The van der Waals surface area contributed by atoms with Crippen molar-refractivity contribution >= 4 is 23.4 Å². The lowest BCUT2D eigenvalue weighted by Gasteiger charge is -2.37. The van der Waals surface area contributed by atoms with Crippen LogP contribution in [-0.4, -0.2) is 35.5 Å². The van der Waals surface area contributed by atoms with E-state index >= 15 is 0 Å². The highest BCUT2D eigenvalue weighted by Crippen LogP contribution is 2.65. The molecule has 0 radical (unpaired) electrons. The largest absolute Gasteiger partial charge is 0.471 e. The summed E-state index contributed by atoms with van der Waals surface area (Å²) in [6.45, 7) is -1.10. The van der Waals surface area contributed by atoms with Gasteiger partial charge in [-0.15, -0.1) is 0 Å². The molecule has 0 aromatic heterocycles. The van der Waals surface area contributed by atoms with Gasteiger partial charge in [-0.3, -0.25) is 24.2 Å². The van der Waals surface area contributed by atoms with E-state index in [4.69, 9.17) is 0 Å².